The molecule has 1 fully saturated rings. The lowest BCUT2D eigenvalue weighted by atomic mass is 10.0. The van der Waals surface area contributed by atoms with Crippen LogP contribution in [0.5, 0.6) is 0 Å². The maximum absolute atomic E-state index is 10.9. The molecule has 0 bridgehead atoms. The van der Waals surface area contributed by atoms with Crippen LogP contribution in [0.25, 0.3) is 0 Å². The van der Waals surface area contributed by atoms with Crippen LogP contribution in [0.3, 0.4) is 0 Å². The van der Waals surface area contributed by atoms with Crippen LogP contribution in [0.4, 0.5) is 0 Å². The molecule has 0 saturated carbocycles. The summed E-state index contributed by atoms with van der Waals surface area (Å²) in [4.78, 5) is 13.1. The van der Waals surface area contributed by atoms with E-state index in [4.69, 9.17) is 9.84 Å². The first-order chi connectivity index (χ1) is 6.91. The molecule has 0 aliphatic carbocycles. The summed E-state index contributed by atoms with van der Waals surface area (Å²) in [5.41, 5.74) is 0. The van der Waals surface area contributed by atoms with Gasteiger partial charge in [0, 0.05) is 19.1 Å². The number of aliphatic carboxylic acids is 1. The maximum atomic E-state index is 10.9. The van der Waals surface area contributed by atoms with Gasteiger partial charge >= 0.3 is 5.97 Å². The Morgan fingerprint density at radius 2 is 1.80 bits per heavy atom. The molecule has 15 heavy (non-hydrogen) atoms. The van der Waals surface area contributed by atoms with Crippen molar-refractivity contribution in [2.75, 3.05) is 13.1 Å². The molecule has 88 valence electrons. The molecular weight excluding hydrogens is 194 g/mol. The Bertz CT molecular complexity index is 222. The number of nitrogens with zero attached hydrogens (tertiary/aromatic N) is 1. The lowest BCUT2D eigenvalue weighted by molar-refractivity contribution is -0.145. The summed E-state index contributed by atoms with van der Waals surface area (Å²) in [5.74, 6) is -1.06. The van der Waals surface area contributed by atoms with Gasteiger partial charge in [0.25, 0.3) is 0 Å². The third kappa shape index (κ3) is 3.18. The molecule has 0 aromatic rings. The molecule has 2 unspecified atom stereocenters. The summed E-state index contributed by atoms with van der Waals surface area (Å²) in [6, 6.07) is 0.0660. The summed E-state index contributed by atoms with van der Waals surface area (Å²) in [6.45, 7) is 9.44. The predicted molar refractivity (Wildman–Crippen MR) is 57.8 cm³/mol. The van der Waals surface area contributed by atoms with E-state index in [1.165, 1.54) is 0 Å². The highest BCUT2D eigenvalue weighted by molar-refractivity contribution is 5.70. The van der Waals surface area contributed by atoms with Crippen molar-refractivity contribution >= 4 is 5.97 Å². The first-order valence-corrected chi connectivity index (χ1v) is 5.54. The molecule has 4 atom stereocenters. The molecule has 0 aromatic carbocycles. The maximum Gasteiger partial charge on any atom is 0.307 e. The monoisotopic (exact) mass is 215 g/mol. The zero-order chi connectivity index (χ0) is 11.6. The largest absolute Gasteiger partial charge is 0.481 e. The second kappa shape index (κ2) is 4.94. The number of rotatable bonds is 3. The van der Waals surface area contributed by atoms with Crippen LogP contribution in [0.15, 0.2) is 0 Å². The van der Waals surface area contributed by atoms with E-state index in [0.29, 0.717) is 0 Å². The van der Waals surface area contributed by atoms with E-state index in [0.717, 1.165) is 13.1 Å². The van der Waals surface area contributed by atoms with Crippen molar-refractivity contribution in [2.45, 2.75) is 45.9 Å². The fourth-order valence-electron chi connectivity index (χ4n) is 2.07. The number of carboxylic acid groups (broad SMARTS) is 1. The van der Waals surface area contributed by atoms with Gasteiger partial charge in [-0.05, 0) is 20.8 Å². The zero-order valence-corrected chi connectivity index (χ0v) is 9.93. The van der Waals surface area contributed by atoms with E-state index in [1.54, 1.807) is 6.92 Å². The molecule has 1 saturated heterocycles. The molecular formula is C11H21NO3. The number of hydrogen-bond donors (Lipinski definition) is 1. The third-order valence-electron chi connectivity index (χ3n) is 3.14. The van der Waals surface area contributed by atoms with Gasteiger partial charge < -0.3 is 9.84 Å². The summed E-state index contributed by atoms with van der Waals surface area (Å²) >= 11 is 0. The Kier molecular flexibility index (Phi) is 4.11. The molecule has 4 heteroatoms. The molecule has 1 aliphatic rings. The third-order valence-corrected chi connectivity index (χ3v) is 3.14. The quantitative estimate of drug-likeness (QED) is 0.768. The van der Waals surface area contributed by atoms with Crippen LogP contribution in [-0.4, -0.2) is 47.3 Å². The Morgan fingerprint density at radius 3 is 2.20 bits per heavy atom. The summed E-state index contributed by atoms with van der Waals surface area (Å²) in [6.07, 6.45) is 0.384. The van der Waals surface area contributed by atoms with Gasteiger partial charge in [0.15, 0.2) is 0 Å². The van der Waals surface area contributed by atoms with Gasteiger partial charge in [-0.3, -0.25) is 9.69 Å². The molecule has 0 spiro atoms. The molecule has 1 heterocycles. The Balaban J connectivity index is 2.58. The fourth-order valence-corrected chi connectivity index (χ4v) is 2.07. The van der Waals surface area contributed by atoms with Gasteiger partial charge in [-0.15, -0.1) is 0 Å². The molecule has 4 nitrogen and oxygen atoms in total. The van der Waals surface area contributed by atoms with Crippen LogP contribution >= 0.6 is 0 Å². The molecule has 0 aromatic heterocycles. The van der Waals surface area contributed by atoms with Gasteiger partial charge in [-0.1, -0.05) is 6.92 Å². The van der Waals surface area contributed by atoms with E-state index in [2.05, 4.69) is 4.90 Å². The number of carbonyl (C=O) groups is 1. The zero-order valence-electron chi connectivity index (χ0n) is 9.93. The molecule has 1 aliphatic heterocycles. The number of carboxylic acids is 1. The second-order valence-electron chi connectivity index (χ2n) is 4.58. The highest BCUT2D eigenvalue weighted by Gasteiger charge is 2.30. The van der Waals surface area contributed by atoms with Gasteiger partial charge in [0.05, 0.1) is 18.1 Å². The average Bonchev–Trinajstić information content (AvgIpc) is 2.13. The van der Waals surface area contributed by atoms with Gasteiger partial charge in [-0.2, -0.15) is 0 Å². The second-order valence-corrected chi connectivity index (χ2v) is 4.58. The topological polar surface area (TPSA) is 49.8 Å². The summed E-state index contributed by atoms with van der Waals surface area (Å²) in [7, 11) is 0. The Morgan fingerprint density at radius 1 is 1.33 bits per heavy atom. The van der Waals surface area contributed by atoms with Gasteiger partial charge in [0.1, 0.15) is 0 Å². The molecule has 0 amide bonds. The van der Waals surface area contributed by atoms with Crippen LogP contribution < -0.4 is 0 Å². The van der Waals surface area contributed by atoms with E-state index in [9.17, 15) is 4.79 Å². The smallest absolute Gasteiger partial charge is 0.307 e. The van der Waals surface area contributed by atoms with Gasteiger partial charge in [0.2, 0.25) is 0 Å². The standard InChI is InChI=1S/C11H21NO3/c1-7-5-12(6-8(2)15-7)10(4)9(3)11(13)14/h7-10H,5-6H2,1-4H3,(H,13,14)/t7-,8+,9?,10?. The Labute approximate surface area is 91.2 Å². The van der Waals surface area contributed by atoms with E-state index < -0.39 is 5.97 Å². The number of morpholine rings is 1. The first-order valence-electron chi connectivity index (χ1n) is 5.54. The predicted octanol–water partition coefficient (Wildman–Crippen LogP) is 1.20. The van der Waals surface area contributed by atoms with Crippen LogP contribution in [-0.2, 0) is 9.53 Å². The van der Waals surface area contributed by atoms with Crippen molar-refractivity contribution in [3.63, 3.8) is 0 Å². The highest BCUT2D eigenvalue weighted by Crippen LogP contribution is 2.18. The van der Waals surface area contributed by atoms with E-state index in [1.807, 2.05) is 20.8 Å². The minimum Gasteiger partial charge on any atom is -0.481 e. The van der Waals surface area contributed by atoms with Crippen molar-refractivity contribution in [3.05, 3.63) is 0 Å². The lowest BCUT2D eigenvalue weighted by Crippen LogP contribution is -2.51. The number of ether oxygens (including phenoxy) is 1. The van der Waals surface area contributed by atoms with Crippen molar-refractivity contribution in [3.8, 4) is 0 Å². The first kappa shape index (κ1) is 12.5. The van der Waals surface area contributed by atoms with Crippen molar-refractivity contribution < 1.29 is 14.6 Å². The lowest BCUT2D eigenvalue weighted by Gasteiger charge is -2.40. The summed E-state index contributed by atoms with van der Waals surface area (Å²) in [5, 5.41) is 8.96. The fraction of sp³-hybridized carbons (Fsp3) is 0.909. The number of hydrogen-bond acceptors (Lipinski definition) is 3. The van der Waals surface area contributed by atoms with Crippen LogP contribution in [0, 0.1) is 5.92 Å². The Hall–Kier alpha value is -0.610. The van der Waals surface area contributed by atoms with Crippen molar-refractivity contribution in [1.29, 1.82) is 0 Å². The molecule has 1 N–H and O–H groups in total. The molecule has 1 rings (SSSR count). The minimum atomic E-state index is -0.728. The van der Waals surface area contributed by atoms with E-state index in [-0.39, 0.29) is 24.2 Å². The summed E-state index contributed by atoms with van der Waals surface area (Å²) < 4.78 is 5.62. The van der Waals surface area contributed by atoms with Crippen molar-refractivity contribution in [1.82, 2.24) is 4.90 Å². The molecule has 0 radical (unpaired) electrons. The van der Waals surface area contributed by atoms with E-state index >= 15 is 0 Å². The average molecular weight is 215 g/mol. The highest BCUT2D eigenvalue weighted by atomic mass is 16.5. The minimum absolute atomic E-state index is 0.0660. The van der Waals surface area contributed by atoms with Crippen molar-refractivity contribution in [2.24, 2.45) is 5.92 Å². The normalized spacial score (nSPS) is 32.3. The van der Waals surface area contributed by atoms with Crippen LogP contribution in [0.1, 0.15) is 27.7 Å². The van der Waals surface area contributed by atoms with Gasteiger partial charge in [-0.25, -0.2) is 0 Å². The SMILES string of the molecule is CC(C(=O)O)C(C)N1C[C@@H](C)O[C@@H](C)C1. The van der Waals surface area contributed by atoms with Crippen LogP contribution in [0.2, 0.25) is 0 Å².